The molecule has 1 amide bonds. The first kappa shape index (κ1) is 29.9. The van der Waals surface area contributed by atoms with Crippen LogP contribution in [-0.4, -0.2) is 50.1 Å². The molecule has 1 aliphatic heterocycles. The molecule has 2 fully saturated rings. The van der Waals surface area contributed by atoms with E-state index < -0.39 is 28.9 Å². The van der Waals surface area contributed by atoms with Crippen molar-refractivity contribution in [2.75, 3.05) is 18.8 Å². The Balaban J connectivity index is 1.24. The first-order chi connectivity index (χ1) is 20.0. The molecule has 2 aliphatic rings. The number of likely N-dealkylation sites (tertiary alicyclic amines) is 1. The number of halogens is 3. The number of carbonyl (C=O) groups is 1. The van der Waals surface area contributed by atoms with E-state index in [9.17, 15) is 23.5 Å². The number of rotatable bonds is 7. The number of hydrogen-bond acceptors (Lipinski definition) is 7. The fraction of sp³-hybridized carbons (Fsp3) is 0.433. The van der Waals surface area contributed by atoms with Crippen LogP contribution in [0.2, 0.25) is 5.02 Å². The molecule has 42 heavy (non-hydrogen) atoms. The Hall–Kier alpha value is -3.54. The Kier molecular flexibility index (Phi) is 8.54. The number of nitrogen functional groups attached to an aromatic ring is 1. The third-order valence-electron chi connectivity index (χ3n) is 8.34. The predicted molar refractivity (Wildman–Crippen MR) is 155 cm³/mol. The molecule has 2 aromatic carbocycles. The van der Waals surface area contributed by atoms with E-state index in [1.807, 2.05) is 6.07 Å². The lowest BCUT2D eigenvalue weighted by Gasteiger charge is -2.42. The highest BCUT2D eigenvalue weighted by Gasteiger charge is 2.46. The Morgan fingerprint density at radius 1 is 1.14 bits per heavy atom. The second-order valence-corrected chi connectivity index (χ2v) is 11.6. The summed E-state index contributed by atoms with van der Waals surface area (Å²) in [5.74, 6) is -3.88. The van der Waals surface area contributed by atoms with E-state index in [-0.39, 0.29) is 75.8 Å². The molecule has 12 heteroatoms. The molecule has 224 valence electrons. The average molecular weight is 602 g/mol. The number of ether oxygens (including phenoxy) is 1. The van der Waals surface area contributed by atoms with E-state index in [0.29, 0.717) is 10.8 Å². The molecular formula is C30H34ClF2N5O4. The normalized spacial score (nSPS) is 21.6. The second-order valence-electron chi connectivity index (χ2n) is 11.2. The van der Waals surface area contributed by atoms with Gasteiger partial charge in [-0.15, -0.1) is 0 Å². The van der Waals surface area contributed by atoms with Gasteiger partial charge in [0.05, 0.1) is 12.1 Å². The summed E-state index contributed by atoms with van der Waals surface area (Å²) in [6.07, 6.45) is 1.07. The largest absolute Gasteiger partial charge is 0.437 e. The summed E-state index contributed by atoms with van der Waals surface area (Å²) in [4.78, 5) is 32.4. The molecule has 3 aromatic rings. The minimum atomic E-state index is -2.81. The topological polar surface area (TPSA) is 137 Å². The van der Waals surface area contributed by atoms with E-state index >= 15 is 0 Å². The Morgan fingerprint density at radius 2 is 1.86 bits per heavy atom. The van der Waals surface area contributed by atoms with Crippen molar-refractivity contribution in [1.82, 2.24) is 14.5 Å². The lowest BCUT2D eigenvalue weighted by molar-refractivity contribution is -0.145. The summed E-state index contributed by atoms with van der Waals surface area (Å²) in [5, 5.41) is 11.7. The summed E-state index contributed by atoms with van der Waals surface area (Å²) in [5.41, 5.74) is 11.0. The van der Waals surface area contributed by atoms with Crippen LogP contribution in [0.15, 0.2) is 59.7 Å². The van der Waals surface area contributed by atoms with Gasteiger partial charge >= 0.3 is 0 Å². The average Bonchev–Trinajstić information content (AvgIpc) is 2.97. The highest BCUT2D eigenvalue weighted by Crippen LogP contribution is 2.46. The Bertz CT molecular complexity index is 1490. The van der Waals surface area contributed by atoms with Gasteiger partial charge in [-0.2, -0.15) is 0 Å². The Morgan fingerprint density at radius 3 is 2.52 bits per heavy atom. The maximum atomic E-state index is 14.3. The molecule has 1 aromatic heterocycles. The Labute approximate surface area is 247 Å². The zero-order chi connectivity index (χ0) is 30.1. The zero-order valence-electron chi connectivity index (χ0n) is 23.0. The lowest BCUT2D eigenvalue weighted by Crippen LogP contribution is -2.52. The van der Waals surface area contributed by atoms with Gasteiger partial charge in [0.25, 0.3) is 5.56 Å². The number of aliphatic hydroxyl groups is 1. The van der Waals surface area contributed by atoms with Crippen LogP contribution < -0.4 is 21.8 Å². The first-order valence-electron chi connectivity index (χ1n) is 13.9. The fourth-order valence-corrected chi connectivity index (χ4v) is 6.13. The predicted octanol–water partition coefficient (Wildman–Crippen LogP) is 4.30. The number of alkyl halides is 2. The van der Waals surface area contributed by atoms with Crippen molar-refractivity contribution in [3.8, 4) is 11.6 Å². The van der Waals surface area contributed by atoms with Crippen LogP contribution in [0.3, 0.4) is 0 Å². The number of amides is 1. The van der Waals surface area contributed by atoms with Crippen LogP contribution in [0.25, 0.3) is 0 Å². The van der Waals surface area contributed by atoms with Gasteiger partial charge in [-0.25, -0.2) is 13.8 Å². The monoisotopic (exact) mass is 601 g/mol. The molecule has 9 nitrogen and oxygen atoms in total. The number of nitrogens with two attached hydrogens (primary N) is 2. The van der Waals surface area contributed by atoms with Gasteiger partial charge in [-0.3, -0.25) is 14.2 Å². The van der Waals surface area contributed by atoms with Crippen molar-refractivity contribution in [1.29, 1.82) is 0 Å². The summed E-state index contributed by atoms with van der Waals surface area (Å²) in [6, 6.07) is 13.9. The number of piperidine rings is 1. The smallest absolute Gasteiger partial charge is 0.280 e. The van der Waals surface area contributed by atoms with Gasteiger partial charge in [0.15, 0.2) is 5.69 Å². The van der Waals surface area contributed by atoms with E-state index in [2.05, 4.69) is 4.98 Å². The number of carbonyl (C=O) groups excluding carboxylic acids is 1. The highest BCUT2D eigenvalue weighted by atomic mass is 35.5. The fourth-order valence-electron chi connectivity index (χ4n) is 5.89. The van der Waals surface area contributed by atoms with Crippen molar-refractivity contribution in [3.05, 3.63) is 81.4 Å². The second kappa shape index (κ2) is 12.0. The molecular weight excluding hydrogens is 568 g/mol. The van der Waals surface area contributed by atoms with E-state index in [0.717, 1.165) is 11.1 Å². The van der Waals surface area contributed by atoms with Crippen molar-refractivity contribution < 1.29 is 23.4 Å². The lowest BCUT2D eigenvalue weighted by atomic mass is 9.73. The van der Waals surface area contributed by atoms with Gasteiger partial charge in [0.1, 0.15) is 12.1 Å². The van der Waals surface area contributed by atoms with Crippen LogP contribution in [0, 0.1) is 5.92 Å². The third kappa shape index (κ3) is 6.43. The van der Waals surface area contributed by atoms with Crippen LogP contribution in [0.4, 0.5) is 14.5 Å². The van der Waals surface area contributed by atoms with Gasteiger partial charge in [0, 0.05) is 49.3 Å². The number of benzene rings is 2. The minimum absolute atomic E-state index is 0.0787. The van der Waals surface area contributed by atoms with Gasteiger partial charge in [0.2, 0.25) is 17.7 Å². The molecule has 1 aliphatic carbocycles. The van der Waals surface area contributed by atoms with Crippen LogP contribution in [-0.2, 0) is 17.9 Å². The molecule has 1 saturated carbocycles. The summed E-state index contributed by atoms with van der Waals surface area (Å²) >= 11 is 6.18. The van der Waals surface area contributed by atoms with Crippen LogP contribution >= 0.6 is 11.6 Å². The van der Waals surface area contributed by atoms with Crippen LogP contribution in [0.5, 0.6) is 11.6 Å². The quantitative estimate of drug-likeness (QED) is 0.367. The summed E-state index contributed by atoms with van der Waals surface area (Å²) < 4.78 is 35.6. The molecule has 0 bridgehead atoms. The standard InChI is InChI=1S/C30H34ClF2N5O4/c31-24-14-21(7-6-20(24)16-34)42-26-25(35)28(40)38(18-36-26)17-29(41)10-12-37(13-11-29)27(39)22-8-9-30(32,33)15-23(22)19-4-2-1-3-5-19/h1-7,14,18,22-23,41H,8-13,15-17,34-35H2/t22-,23+/m1/s1. The maximum Gasteiger partial charge on any atom is 0.280 e. The number of hydrogen-bond donors (Lipinski definition) is 3. The van der Waals surface area contributed by atoms with Crippen molar-refractivity contribution in [2.24, 2.45) is 11.7 Å². The molecule has 5 rings (SSSR count). The van der Waals surface area contributed by atoms with Crippen molar-refractivity contribution in [3.63, 3.8) is 0 Å². The van der Waals surface area contributed by atoms with Gasteiger partial charge in [-0.1, -0.05) is 48.0 Å². The van der Waals surface area contributed by atoms with Crippen LogP contribution in [0.1, 0.15) is 49.1 Å². The van der Waals surface area contributed by atoms with Gasteiger partial charge in [-0.05, 0) is 42.5 Å². The molecule has 2 heterocycles. The molecule has 2 atom stereocenters. The minimum Gasteiger partial charge on any atom is -0.437 e. The van der Waals surface area contributed by atoms with Crippen molar-refractivity contribution in [2.45, 2.75) is 62.6 Å². The van der Waals surface area contributed by atoms with E-state index in [1.165, 1.54) is 10.9 Å². The SMILES string of the molecule is NCc1ccc(Oc2ncn(CC3(O)CCN(C(=O)[C@@H]4CCC(F)(F)C[C@H]4c4ccccc4)CC3)c(=O)c2N)cc1Cl. The molecule has 5 N–H and O–H groups in total. The molecule has 0 unspecified atom stereocenters. The number of nitrogens with zero attached hydrogens (tertiary/aromatic N) is 3. The number of aromatic nitrogens is 2. The highest BCUT2D eigenvalue weighted by molar-refractivity contribution is 6.31. The molecule has 1 saturated heterocycles. The first-order valence-corrected chi connectivity index (χ1v) is 14.3. The van der Waals surface area contributed by atoms with E-state index in [1.54, 1.807) is 47.4 Å². The molecule has 0 spiro atoms. The maximum absolute atomic E-state index is 14.3. The third-order valence-corrected chi connectivity index (χ3v) is 8.69. The summed E-state index contributed by atoms with van der Waals surface area (Å²) in [6.45, 7) is 0.660. The van der Waals surface area contributed by atoms with Gasteiger partial charge < -0.3 is 26.2 Å². The van der Waals surface area contributed by atoms with E-state index in [4.69, 9.17) is 27.8 Å². The summed E-state index contributed by atoms with van der Waals surface area (Å²) in [7, 11) is 0. The van der Waals surface area contributed by atoms with Crippen molar-refractivity contribution >= 4 is 23.2 Å². The molecule has 0 radical (unpaired) electrons. The zero-order valence-corrected chi connectivity index (χ0v) is 23.8. The number of anilines is 1.